The van der Waals surface area contributed by atoms with Gasteiger partial charge in [-0.05, 0) is 26.0 Å². The zero-order valence-corrected chi connectivity index (χ0v) is 24.2. The standard InChI is InChI=1S/C26H26FN3O5.C3H8O.C2H6/c1-15-22(13-31)34-25(30-15)21-11-20(29-12-19(28)17-8-5-9-18(27)10-17)24-23(33-21)14-32-26(35-24)16-6-3-2-4-7-16;1-3-4-2;1-2/h2-10,12-13,20-21,23-24,26,29H,11,14,28H2,1H3;3H2,1-2H3;1-2H3/b19-12-;;. The molecule has 2 aromatic carbocycles. The van der Waals surface area contributed by atoms with Crippen molar-refractivity contribution < 1.29 is 32.5 Å². The summed E-state index contributed by atoms with van der Waals surface area (Å²) in [5, 5.41) is 3.34. The Kier molecular flexibility index (Phi) is 12.5. The molecule has 0 spiro atoms. The second-order valence-corrected chi connectivity index (χ2v) is 9.16. The molecule has 1 aromatic heterocycles. The number of benzene rings is 2. The molecule has 2 saturated heterocycles. The van der Waals surface area contributed by atoms with E-state index in [1.54, 1.807) is 32.4 Å². The van der Waals surface area contributed by atoms with E-state index in [-0.39, 0.29) is 23.7 Å². The van der Waals surface area contributed by atoms with Crippen LogP contribution < -0.4 is 11.1 Å². The van der Waals surface area contributed by atoms with Crippen molar-refractivity contribution in [1.29, 1.82) is 0 Å². The Labute approximate surface area is 240 Å². The lowest BCUT2D eigenvalue weighted by molar-refractivity contribution is -0.296. The van der Waals surface area contributed by atoms with Gasteiger partial charge in [0.2, 0.25) is 5.89 Å². The first-order chi connectivity index (χ1) is 19.9. The fourth-order valence-corrected chi connectivity index (χ4v) is 4.38. The van der Waals surface area contributed by atoms with Crippen molar-refractivity contribution in [3.8, 4) is 0 Å². The first-order valence-electron chi connectivity index (χ1n) is 13.8. The Bertz CT molecular complexity index is 1250. The lowest BCUT2D eigenvalue weighted by Gasteiger charge is -2.45. The summed E-state index contributed by atoms with van der Waals surface area (Å²) in [5.74, 6) is 0.127. The van der Waals surface area contributed by atoms with Gasteiger partial charge >= 0.3 is 0 Å². The van der Waals surface area contributed by atoms with Crippen molar-refractivity contribution >= 4 is 12.0 Å². The van der Waals surface area contributed by atoms with Crippen LogP contribution in [0.5, 0.6) is 0 Å². The number of aldehydes is 1. The number of nitrogens with two attached hydrogens (primary N) is 1. The molecule has 5 rings (SSSR count). The molecule has 2 fully saturated rings. The van der Waals surface area contributed by atoms with Crippen molar-refractivity contribution in [2.75, 3.05) is 20.3 Å². The van der Waals surface area contributed by atoms with E-state index in [9.17, 15) is 9.18 Å². The number of methoxy groups -OCH3 is 1. The van der Waals surface area contributed by atoms with E-state index < -0.39 is 18.5 Å². The Morgan fingerprint density at radius 2 is 1.90 bits per heavy atom. The fourth-order valence-electron chi connectivity index (χ4n) is 4.38. The van der Waals surface area contributed by atoms with Gasteiger partial charge in [0.05, 0.1) is 24.0 Å². The summed E-state index contributed by atoms with van der Waals surface area (Å²) in [6.45, 7) is 8.78. The molecule has 0 aliphatic carbocycles. The minimum absolute atomic E-state index is 0.172. The fraction of sp³-hybridized carbons (Fsp3) is 0.419. The van der Waals surface area contributed by atoms with Crippen molar-refractivity contribution in [2.24, 2.45) is 5.73 Å². The van der Waals surface area contributed by atoms with Crippen LogP contribution in [0, 0.1) is 12.7 Å². The smallest absolute Gasteiger partial charge is 0.224 e. The lowest BCUT2D eigenvalue weighted by Crippen LogP contribution is -2.56. The molecule has 3 aromatic rings. The molecule has 41 heavy (non-hydrogen) atoms. The number of oxazole rings is 1. The van der Waals surface area contributed by atoms with Crippen LogP contribution in [-0.4, -0.2) is 49.8 Å². The van der Waals surface area contributed by atoms with Crippen molar-refractivity contribution in [2.45, 2.75) is 64.8 Å². The topological polar surface area (TPSA) is 118 Å². The third kappa shape index (κ3) is 8.46. The summed E-state index contributed by atoms with van der Waals surface area (Å²) in [6.07, 6.45) is 0.862. The number of carbonyl (C=O) groups excluding carboxylic acids is 1. The number of hydrogen-bond acceptors (Lipinski definition) is 9. The quantitative estimate of drug-likeness (QED) is 0.357. The van der Waals surface area contributed by atoms with E-state index in [1.165, 1.54) is 12.1 Å². The van der Waals surface area contributed by atoms with E-state index in [2.05, 4.69) is 15.0 Å². The van der Waals surface area contributed by atoms with Crippen LogP contribution in [-0.2, 0) is 18.9 Å². The van der Waals surface area contributed by atoms with Crippen LogP contribution >= 0.6 is 0 Å². The molecule has 2 aliphatic heterocycles. The first kappa shape index (κ1) is 32.0. The Morgan fingerprint density at radius 1 is 1.17 bits per heavy atom. The Morgan fingerprint density at radius 3 is 2.54 bits per heavy atom. The number of fused-ring (bicyclic) bond motifs is 1. The number of nitrogens with one attached hydrogen (secondary N) is 1. The number of ether oxygens (including phenoxy) is 4. The van der Waals surface area contributed by atoms with E-state index in [0.29, 0.717) is 42.2 Å². The molecule has 222 valence electrons. The molecule has 3 heterocycles. The van der Waals surface area contributed by atoms with Crippen LogP contribution in [0.2, 0.25) is 0 Å². The summed E-state index contributed by atoms with van der Waals surface area (Å²) < 4.78 is 42.4. The molecule has 2 aliphatic rings. The minimum Gasteiger partial charge on any atom is -0.435 e. The van der Waals surface area contributed by atoms with Gasteiger partial charge in [-0.2, -0.15) is 0 Å². The number of carbonyl (C=O) groups is 1. The minimum atomic E-state index is -0.544. The number of rotatable bonds is 7. The predicted molar refractivity (Wildman–Crippen MR) is 153 cm³/mol. The van der Waals surface area contributed by atoms with Gasteiger partial charge in [0.25, 0.3) is 0 Å². The molecule has 0 saturated carbocycles. The highest BCUT2D eigenvalue weighted by Gasteiger charge is 2.46. The number of hydrogen-bond donors (Lipinski definition) is 2. The van der Waals surface area contributed by atoms with Crippen LogP contribution in [0.25, 0.3) is 5.70 Å². The van der Waals surface area contributed by atoms with Gasteiger partial charge in [-0.15, -0.1) is 0 Å². The summed E-state index contributed by atoms with van der Waals surface area (Å²) >= 11 is 0. The summed E-state index contributed by atoms with van der Waals surface area (Å²) in [4.78, 5) is 15.6. The van der Waals surface area contributed by atoms with E-state index in [0.717, 1.165) is 12.2 Å². The predicted octanol–water partition coefficient (Wildman–Crippen LogP) is 5.47. The molecule has 0 amide bonds. The van der Waals surface area contributed by atoms with E-state index in [4.69, 9.17) is 24.4 Å². The number of aryl methyl sites for hydroxylation is 1. The third-order valence-electron chi connectivity index (χ3n) is 6.47. The van der Waals surface area contributed by atoms with Crippen molar-refractivity contribution in [3.05, 3.63) is 95.1 Å². The van der Waals surface area contributed by atoms with E-state index >= 15 is 0 Å². The first-order valence-corrected chi connectivity index (χ1v) is 13.8. The van der Waals surface area contributed by atoms with Crippen LogP contribution in [0.3, 0.4) is 0 Å². The van der Waals surface area contributed by atoms with Gasteiger partial charge in [-0.1, -0.05) is 56.3 Å². The van der Waals surface area contributed by atoms with Crippen LogP contribution in [0.15, 0.2) is 65.2 Å². The van der Waals surface area contributed by atoms with Gasteiger partial charge in [0, 0.05) is 37.5 Å². The number of halogens is 1. The number of nitrogens with zero attached hydrogens (tertiary/aromatic N) is 1. The highest BCUT2D eigenvalue weighted by Crippen LogP contribution is 2.39. The molecule has 3 N–H and O–H groups in total. The summed E-state index contributed by atoms with van der Waals surface area (Å²) in [6, 6.07) is 15.5. The Hall–Kier alpha value is -3.57. The largest absolute Gasteiger partial charge is 0.435 e. The number of aromatic nitrogens is 1. The molecular weight excluding hydrogens is 529 g/mol. The van der Waals surface area contributed by atoms with Crippen LogP contribution in [0.1, 0.15) is 72.9 Å². The molecule has 5 unspecified atom stereocenters. The monoisotopic (exact) mass is 569 g/mol. The zero-order chi connectivity index (χ0) is 29.8. The van der Waals surface area contributed by atoms with Gasteiger partial charge < -0.3 is 34.4 Å². The zero-order valence-electron chi connectivity index (χ0n) is 24.2. The maximum atomic E-state index is 13.7. The lowest BCUT2D eigenvalue weighted by atomic mass is 9.94. The summed E-state index contributed by atoms with van der Waals surface area (Å²) in [7, 11) is 1.68. The average Bonchev–Trinajstić information content (AvgIpc) is 3.41. The third-order valence-corrected chi connectivity index (χ3v) is 6.47. The highest BCUT2D eigenvalue weighted by atomic mass is 19.1. The van der Waals surface area contributed by atoms with Crippen molar-refractivity contribution in [1.82, 2.24) is 10.3 Å². The average molecular weight is 570 g/mol. The highest BCUT2D eigenvalue weighted by molar-refractivity contribution is 5.71. The second-order valence-electron chi connectivity index (χ2n) is 9.16. The van der Waals surface area contributed by atoms with Gasteiger partial charge in [-0.3, -0.25) is 4.79 Å². The van der Waals surface area contributed by atoms with Crippen molar-refractivity contribution in [3.63, 3.8) is 0 Å². The molecule has 5 atom stereocenters. The molecule has 10 heteroatoms. The maximum absolute atomic E-state index is 13.7. The summed E-state index contributed by atoms with van der Waals surface area (Å²) in [5.41, 5.74) is 8.57. The molecular formula is C31H40FN3O6. The van der Waals surface area contributed by atoms with Gasteiger partial charge in [-0.25, -0.2) is 9.37 Å². The molecule has 9 nitrogen and oxygen atoms in total. The van der Waals surface area contributed by atoms with E-state index in [1.807, 2.05) is 51.1 Å². The molecule has 0 bridgehead atoms. The van der Waals surface area contributed by atoms with Gasteiger partial charge in [0.15, 0.2) is 18.3 Å². The van der Waals surface area contributed by atoms with Crippen LogP contribution in [0.4, 0.5) is 4.39 Å². The maximum Gasteiger partial charge on any atom is 0.224 e. The van der Waals surface area contributed by atoms with Gasteiger partial charge in [0.1, 0.15) is 24.1 Å². The second kappa shape index (κ2) is 16.0. The normalized spacial score (nSPS) is 23.7. The Balaban J connectivity index is 0.000000710. The molecule has 0 radical (unpaired) electrons. The SMILES string of the molecule is CC.CCOC.Cc1nc(C2CC(N/C=C(\N)c3cccc(F)c3)C3OC(c4ccccc4)OCC3O2)oc1C=O.